The van der Waals surface area contributed by atoms with Gasteiger partial charge >= 0.3 is 5.97 Å². The second-order valence-electron chi connectivity index (χ2n) is 5.66. The second kappa shape index (κ2) is 8.11. The van der Waals surface area contributed by atoms with E-state index >= 15 is 0 Å². The fourth-order valence-corrected chi connectivity index (χ4v) is 2.34. The SMILES string of the molecule is Cc1ccccc1CNC(=O)COC(=O)/C=C/c1nc2ccccc2o1. The first-order valence-corrected chi connectivity index (χ1v) is 8.13. The van der Waals surface area contributed by atoms with Crippen molar-refractivity contribution >= 4 is 29.1 Å². The molecule has 0 saturated heterocycles. The minimum atomic E-state index is -0.640. The lowest BCUT2D eigenvalue weighted by Gasteiger charge is -2.07. The number of fused-ring (bicyclic) bond motifs is 1. The third-order valence-corrected chi connectivity index (χ3v) is 3.76. The summed E-state index contributed by atoms with van der Waals surface area (Å²) >= 11 is 0. The van der Waals surface area contributed by atoms with Crippen molar-refractivity contribution in [1.82, 2.24) is 10.3 Å². The molecule has 3 rings (SSSR count). The Hall–Kier alpha value is -3.41. The summed E-state index contributed by atoms with van der Waals surface area (Å²) < 4.78 is 10.4. The molecule has 6 nitrogen and oxygen atoms in total. The molecule has 1 heterocycles. The highest BCUT2D eigenvalue weighted by Crippen LogP contribution is 2.15. The number of rotatable bonds is 6. The van der Waals surface area contributed by atoms with Crippen molar-refractivity contribution in [2.24, 2.45) is 0 Å². The van der Waals surface area contributed by atoms with E-state index < -0.39 is 5.97 Å². The Morgan fingerprint density at radius 1 is 1.15 bits per heavy atom. The number of esters is 1. The molecule has 1 N–H and O–H groups in total. The van der Waals surface area contributed by atoms with Crippen molar-refractivity contribution in [2.45, 2.75) is 13.5 Å². The summed E-state index contributed by atoms with van der Waals surface area (Å²) in [6, 6.07) is 15.0. The molecule has 0 unspecified atom stereocenters. The van der Waals surface area contributed by atoms with Crippen molar-refractivity contribution in [3.63, 3.8) is 0 Å². The maximum atomic E-state index is 11.8. The van der Waals surface area contributed by atoms with E-state index in [2.05, 4.69) is 10.3 Å². The van der Waals surface area contributed by atoms with Crippen LogP contribution in [0.3, 0.4) is 0 Å². The standard InChI is InChI=1S/C20H18N2O4/c1-14-6-2-3-7-15(14)12-21-18(23)13-25-20(24)11-10-19-22-16-8-4-5-9-17(16)26-19/h2-11H,12-13H2,1H3,(H,21,23)/b11-10+. The van der Waals surface area contributed by atoms with E-state index in [1.54, 1.807) is 6.07 Å². The number of aromatic nitrogens is 1. The molecule has 0 atom stereocenters. The average molecular weight is 350 g/mol. The summed E-state index contributed by atoms with van der Waals surface area (Å²) in [5, 5.41) is 2.72. The third kappa shape index (κ3) is 4.57. The van der Waals surface area contributed by atoms with Crippen molar-refractivity contribution in [1.29, 1.82) is 0 Å². The number of aryl methyl sites for hydroxylation is 1. The molecule has 132 valence electrons. The van der Waals surface area contributed by atoms with Crippen LogP contribution in [0.25, 0.3) is 17.2 Å². The van der Waals surface area contributed by atoms with Crippen LogP contribution >= 0.6 is 0 Å². The van der Waals surface area contributed by atoms with E-state index in [0.717, 1.165) is 11.1 Å². The highest BCUT2D eigenvalue weighted by molar-refractivity contribution is 5.89. The van der Waals surface area contributed by atoms with Crippen LogP contribution in [-0.2, 0) is 20.9 Å². The fourth-order valence-electron chi connectivity index (χ4n) is 2.34. The molecule has 2 aromatic carbocycles. The molecule has 26 heavy (non-hydrogen) atoms. The predicted octanol–water partition coefficient (Wildman–Crippen LogP) is 3.01. The largest absolute Gasteiger partial charge is 0.452 e. The van der Waals surface area contributed by atoms with Gasteiger partial charge in [0.25, 0.3) is 5.91 Å². The van der Waals surface area contributed by atoms with Crippen molar-refractivity contribution in [3.05, 3.63) is 71.6 Å². The quantitative estimate of drug-likeness (QED) is 0.546. The topological polar surface area (TPSA) is 81.4 Å². The number of para-hydroxylation sites is 2. The molecule has 0 aliphatic heterocycles. The number of nitrogens with one attached hydrogen (secondary N) is 1. The monoisotopic (exact) mass is 350 g/mol. The van der Waals surface area contributed by atoms with E-state index in [1.165, 1.54) is 12.2 Å². The van der Waals surface area contributed by atoms with Crippen molar-refractivity contribution in [2.75, 3.05) is 6.61 Å². The van der Waals surface area contributed by atoms with Gasteiger partial charge in [0.15, 0.2) is 12.2 Å². The first-order valence-electron chi connectivity index (χ1n) is 8.13. The predicted molar refractivity (Wildman–Crippen MR) is 97.0 cm³/mol. The molecule has 0 spiro atoms. The van der Waals surface area contributed by atoms with Gasteiger partial charge in [-0.3, -0.25) is 4.79 Å². The zero-order valence-electron chi connectivity index (χ0n) is 14.3. The number of hydrogen-bond acceptors (Lipinski definition) is 5. The number of nitrogens with zero attached hydrogens (tertiary/aromatic N) is 1. The van der Waals surface area contributed by atoms with Crippen LogP contribution < -0.4 is 5.32 Å². The van der Waals surface area contributed by atoms with Gasteiger partial charge in [0.1, 0.15) is 5.52 Å². The van der Waals surface area contributed by atoms with E-state index in [0.29, 0.717) is 23.5 Å². The Kier molecular flexibility index (Phi) is 5.43. The molecular formula is C20H18N2O4. The normalized spacial score (nSPS) is 11.0. The molecule has 3 aromatic rings. The molecule has 6 heteroatoms. The molecule has 0 saturated carbocycles. The van der Waals surface area contributed by atoms with Gasteiger partial charge in [0, 0.05) is 18.7 Å². The maximum absolute atomic E-state index is 11.8. The average Bonchev–Trinajstić information content (AvgIpc) is 3.07. The van der Waals surface area contributed by atoms with Crippen molar-refractivity contribution in [3.8, 4) is 0 Å². The zero-order valence-corrected chi connectivity index (χ0v) is 14.3. The van der Waals surface area contributed by atoms with Crippen LogP contribution in [0.4, 0.5) is 0 Å². The Balaban J connectivity index is 1.46. The molecule has 1 amide bonds. The summed E-state index contributed by atoms with van der Waals surface area (Å²) in [6.07, 6.45) is 2.59. The molecule has 1 aromatic heterocycles. The number of benzene rings is 2. The maximum Gasteiger partial charge on any atom is 0.331 e. The van der Waals surface area contributed by atoms with Crippen molar-refractivity contribution < 1.29 is 18.7 Å². The highest BCUT2D eigenvalue weighted by Gasteiger charge is 2.07. The molecule has 0 radical (unpaired) electrons. The summed E-state index contributed by atoms with van der Waals surface area (Å²) in [7, 11) is 0. The Morgan fingerprint density at radius 2 is 1.92 bits per heavy atom. The summed E-state index contributed by atoms with van der Waals surface area (Å²) in [5.41, 5.74) is 3.45. The van der Waals surface area contributed by atoms with Gasteiger partial charge in [-0.15, -0.1) is 0 Å². The van der Waals surface area contributed by atoms with Gasteiger partial charge < -0.3 is 14.5 Å². The number of oxazole rings is 1. The van der Waals surface area contributed by atoms with E-state index in [-0.39, 0.29) is 12.5 Å². The van der Waals surface area contributed by atoms with Crippen LogP contribution in [-0.4, -0.2) is 23.5 Å². The minimum Gasteiger partial charge on any atom is -0.452 e. The van der Waals surface area contributed by atoms with E-state index in [1.807, 2.05) is 49.4 Å². The number of carbonyl (C=O) groups is 2. The van der Waals surface area contributed by atoms with Gasteiger partial charge in [-0.2, -0.15) is 0 Å². The van der Waals surface area contributed by atoms with E-state index in [9.17, 15) is 9.59 Å². The third-order valence-electron chi connectivity index (χ3n) is 3.76. The Labute approximate surface area is 150 Å². The lowest BCUT2D eigenvalue weighted by atomic mass is 10.1. The lowest BCUT2D eigenvalue weighted by Crippen LogP contribution is -2.28. The van der Waals surface area contributed by atoms with Gasteiger partial charge in [0.05, 0.1) is 0 Å². The Morgan fingerprint density at radius 3 is 2.73 bits per heavy atom. The molecular weight excluding hydrogens is 332 g/mol. The molecule has 0 aliphatic rings. The number of amides is 1. The molecule has 0 bridgehead atoms. The summed E-state index contributed by atoms with van der Waals surface area (Å²) in [4.78, 5) is 27.7. The smallest absolute Gasteiger partial charge is 0.331 e. The molecule has 0 aliphatic carbocycles. The fraction of sp³-hybridized carbons (Fsp3) is 0.150. The zero-order chi connectivity index (χ0) is 18.4. The lowest BCUT2D eigenvalue weighted by molar-refractivity contribution is -0.143. The van der Waals surface area contributed by atoms with Crippen LogP contribution in [0.15, 0.2) is 59.0 Å². The highest BCUT2D eigenvalue weighted by atomic mass is 16.5. The van der Waals surface area contributed by atoms with Crippen LogP contribution in [0, 0.1) is 6.92 Å². The van der Waals surface area contributed by atoms with Gasteiger partial charge in [-0.1, -0.05) is 36.4 Å². The van der Waals surface area contributed by atoms with Gasteiger partial charge in [-0.25, -0.2) is 9.78 Å². The van der Waals surface area contributed by atoms with Crippen LogP contribution in [0.2, 0.25) is 0 Å². The van der Waals surface area contributed by atoms with E-state index in [4.69, 9.17) is 9.15 Å². The number of carbonyl (C=O) groups excluding carboxylic acids is 2. The first-order chi connectivity index (χ1) is 12.6. The van der Waals surface area contributed by atoms with Gasteiger partial charge in [-0.05, 0) is 30.2 Å². The summed E-state index contributed by atoms with van der Waals surface area (Å²) in [6.45, 7) is 2.02. The Bertz CT molecular complexity index is 926. The molecule has 0 fully saturated rings. The number of ether oxygens (including phenoxy) is 1. The van der Waals surface area contributed by atoms with Crippen LogP contribution in [0.5, 0.6) is 0 Å². The van der Waals surface area contributed by atoms with Gasteiger partial charge in [0.2, 0.25) is 5.89 Å². The van der Waals surface area contributed by atoms with Crippen LogP contribution in [0.1, 0.15) is 17.0 Å². The summed E-state index contributed by atoms with van der Waals surface area (Å²) in [5.74, 6) is -0.706. The minimum absolute atomic E-state index is 0.298. The first kappa shape index (κ1) is 17.4. The number of hydrogen-bond donors (Lipinski definition) is 1. The second-order valence-corrected chi connectivity index (χ2v) is 5.66.